The van der Waals surface area contributed by atoms with Crippen molar-refractivity contribution in [3.63, 3.8) is 0 Å². The fraction of sp³-hybridized carbons (Fsp3) is 0.368. The van der Waals surface area contributed by atoms with Crippen LogP contribution < -0.4 is 9.47 Å². The molecule has 0 bridgehead atoms. The summed E-state index contributed by atoms with van der Waals surface area (Å²) in [6, 6.07) is 9.78. The minimum absolute atomic E-state index is 0.238. The molecule has 0 aromatic heterocycles. The number of methoxy groups -OCH3 is 2. The summed E-state index contributed by atoms with van der Waals surface area (Å²) in [6.07, 6.45) is 0.848. The van der Waals surface area contributed by atoms with E-state index < -0.39 is 0 Å². The number of benzene rings is 2. The van der Waals surface area contributed by atoms with E-state index >= 15 is 0 Å². The van der Waals surface area contributed by atoms with Gasteiger partial charge in [-0.2, -0.15) is 0 Å². The summed E-state index contributed by atoms with van der Waals surface area (Å²) in [5.41, 5.74) is 1.95. The molecule has 0 saturated carbocycles. The van der Waals surface area contributed by atoms with Crippen LogP contribution in [-0.2, 0) is 6.42 Å². The van der Waals surface area contributed by atoms with Gasteiger partial charge in [0.1, 0.15) is 11.6 Å². The van der Waals surface area contributed by atoms with E-state index in [0.29, 0.717) is 17.4 Å². The van der Waals surface area contributed by atoms with E-state index in [1.165, 1.54) is 25.3 Å². The Hall–Kier alpha value is -2.10. The van der Waals surface area contributed by atoms with Crippen molar-refractivity contribution in [2.24, 2.45) is 0 Å². The molecular formula is C19H24F2O2. The van der Waals surface area contributed by atoms with Gasteiger partial charge < -0.3 is 9.47 Å². The van der Waals surface area contributed by atoms with Crippen molar-refractivity contribution < 1.29 is 18.3 Å². The third-order valence-electron chi connectivity index (χ3n) is 3.42. The molecule has 0 radical (unpaired) electrons. The van der Waals surface area contributed by atoms with Crippen molar-refractivity contribution in [1.29, 1.82) is 0 Å². The molecule has 0 amide bonds. The first kappa shape index (κ1) is 18.9. The first-order chi connectivity index (χ1) is 10.9. The Morgan fingerprint density at radius 2 is 1.65 bits per heavy atom. The summed E-state index contributed by atoms with van der Waals surface area (Å²) in [5.74, 6) is 0.695. The number of halogens is 2. The maximum atomic E-state index is 12.9. The molecule has 0 spiro atoms. The molecule has 0 aliphatic rings. The van der Waals surface area contributed by atoms with Gasteiger partial charge in [0.15, 0.2) is 11.6 Å². The van der Waals surface area contributed by atoms with Crippen molar-refractivity contribution in [2.45, 2.75) is 33.1 Å². The van der Waals surface area contributed by atoms with Gasteiger partial charge in [-0.3, -0.25) is 0 Å². The van der Waals surface area contributed by atoms with Crippen LogP contribution in [0.1, 0.15) is 37.8 Å². The molecule has 126 valence electrons. The molecule has 0 heterocycles. The Morgan fingerprint density at radius 1 is 0.957 bits per heavy atom. The highest BCUT2D eigenvalue weighted by Gasteiger charge is 2.03. The van der Waals surface area contributed by atoms with Gasteiger partial charge in [-0.05, 0) is 47.7 Å². The Balaban J connectivity index is 0.000000231. The molecule has 23 heavy (non-hydrogen) atoms. The highest BCUT2D eigenvalue weighted by Crippen LogP contribution is 2.21. The lowest BCUT2D eigenvalue weighted by molar-refractivity contribution is 0.386. The normalized spacial score (nSPS) is 10.1. The van der Waals surface area contributed by atoms with Crippen LogP contribution in [0.4, 0.5) is 8.78 Å². The molecule has 0 unspecified atom stereocenters. The lowest BCUT2D eigenvalue weighted by Crippen LogP contribution is -1.91. The molecule has 0 saturated heterocycles. The minimum Gasteiger partial charge on any atom is -0.497 e. The molecule has 0 aliphatic carbocycles. The third-order valence-corrected chi connectivity index (χ3v) is 3.42. The molecule has 0 N–H and O–H groups in total. The van der Waals surface area contributed by atoms with Crippen molar-refractivity contribution >= 4 is 0 Å². The van der Waals surface area contributed by atoms with E-state index in [1.54, 1.807) is 13.2 Å². The van der Waals surface area contributed by atoms with E-state index in [-0.39, 0.29) is 11.6 Å². The van der Waals surface area contributed by atoms with E-state index in [9.17, 15) is 8.78 Å². The largest absolute Gasteiger partial charge is 0.497 e. The number of hydrogen-bond acceptors (Lipinski definition) is 2. The van der Waals surface area contributed by atoms with Crippen molar-refractivity contribution in [1.82, 2.24) is 0 Å². The molecule has 4 heteroatoms. The van der Waals surface area contributed by atoms with E-state index in [4.69, 9.17) is 9.47 Å². The standard InChI is InChI=1S/C10H13FO.C9H11FO/c1-7(2)8-4-9(11)6-10(5-8)12-3;1-3-7-4-5-9(11-2)8(10)6-7/h4-7H,1-3H3;4-6H,3H2,1-2H3. The maximum Gasteiger partial charge on any atom is 0.165 e. The van der Waals surface area contributed by atoms with Crippen LogP contribution in [0.3, 0.4) is 0 Å². The van der Waals surface area contributed by atoms with Crippen LogP contribution in [0.5, 0.6) is 11.5 Å². The Labute approximate surface area is 137 Å². The zero-order valence-corrected chi connectivity index (χ0v) is 14.3. The highest BCUT2D eigenvalue weighted by molar-refractivity contribution is 5.31. The SMILES string of the molecule is CCc1ccc(OC)c(F)c1.COc1cc(F)cc(C(C)C)c1. The zero-order valence-electron chi connectivity index (χ0n) is 14.3. The number of rotatable bonds is 4. The lowest BCUT2D eigenvalue weighted by Gasteiger charge is -2.07. The average Bonchev–Trinajstić information content (AvgIpc) is 2.54. The predicted molar refractivity (Wildman–Crippen MR) is 89.4 cm³/mol. The van der Waals surface area contributed by atoms with E-state index in [2.05, 4.69) is 0 Å². The second kappa shape index (κ2) is 9.13. The smallest absolute Gasteiger partial charge is 0.165 e. The van der Waals surface area contributed by atoms with Gasteiger partial charge in [0, 0.05) is 6.07 Å². The van der Waals surface area contributed by atoms with E-state index in [1.807, 2.05) is 32.9 Å². The molecule has 0 fully saturated rings. The summed E-state index contributed by atoms with van der Waals surface area (Å²) in [4.78, 5) is 0. The number of hydrogen-bond donors (Lipinski definition) is 0. The number of aryl methyl sites for hydroxylation is 1. The Bertz CT molecular complexity index is 625. The summed E-state index contributed by atoms with van der Waals surface area (Å²) in [7, 11) is 3.00. The Kier molecular flexibility index (Phi) is 7.52. The minimum atomic E-state index is -0.285. The second-order valence-corrected chi connectivity index (χ2v) is 5.40. The van der Waals surface area contributed by atoms with Gasteiger partial charge in [-0.1, -0.05) is 26.8 Å². The fourth-order valence-electron chi connectivity index (χ4n) is 1.97. The van der Waals surface area contributed by atoms with Crippen LogP contribution >= 0.6 is 0 Å². The van der Waals surface area contributed by atoms with Crippen LogP contribution in [-0.4, -0.2) is 14.2 Å². The lowest BCUT2D eigenvalue weighted by atomic mass is 10.0. The quantitative estimate of drug-likeness (QED) is 0.755. The summed E-state index contributed by atoms with van der Waals surface area (Å²) in [6.45, 7) is 6.03. The summed E-state index contributed by atoms with van der Waals surface area (Å²) < 4.78 is 35.5. The first-order valence-electron chi connectivity index (χ1n) is 7.58. The van der Waals surface area contributed by atoms with E-state index in [0.717, 1.165) is 17.5 Å². The van der Waals surface area contributed by atoms with Gasteiger partial charge in [0.2, 0.25) is 0 Å². The summed E-state index contributed by atoms with van der Waals surface area (Å²) in [5, 5.41) is 0. The molecule has 2 aromatic rings. The zero-order chi connectivity index (χ0) is 17.4. The second-order valence-electron chi connectivity index (χ2n) is 5.40. The van der Waals surface area contributed by atoms with Crippen LogP contribution in [0, 0.1) is 11.6 Å². The average molecular weight is 322 g/mol. The van der Waals surface area contributed by atoms with Gasteiger partial charge >= 0.3 is 0 Å². The molecule has 2 aromatic carbocycles. The topological polar surface area (TPSA) is 18.5 Å². The monoisotopic (exact) mass is 322 g/mol. The Morgan fingerprint density at radius 3 is 2.13 bits per heavy atom. The molecule has 2 rings (SSSR count). The van der Waals surface area contributed by atoms with Crippen LogP contribution in [0.2, 0.25) is 0 Å². The highest BCUT2D eigenvalue weighted by atomic mass is 19.1. The molecular weight excluding hydrogens is 298 g/mol. The van der Waals surface area contributed by atoms with Crippen molar-refractivity contribution in [3.05, 3.63) is 59.2 Å². The third kappa shape index (κ3) is 5.89. The fourth-order valence-corrected chi connectivity index (χ4v) is 1.97. The van der Waals surface area contributed by atoms with Gasteiger partial charge in [0.25, 0.3) is 0 Å². The molecule has 0 aliphatic heterocycles. The number of ether oxygens (including phenoxy) is 2. The molecule has 2 nitrogen and oxygen atoms in total. The summed E-state index contributed by atoms with van der Waals surface area (Å²) >= 11 is 0. The first-order valence-corrected chi connectivity index (χ1v) is 7.58. The molecule has 0 atom stereocenters. The van der Waals surface area contributed by atoms with Gasteiger partial charge in [-0.15, -0.1) is 0 Å². The van der Waals surface area contributed by atoms with Gasteiger partial charge in [0.05, 0.1) is 14.2 Å². The van der Waals surface area contributed by atoms with Crippen molar-refractivity contribution in [3.8, 4) is 11.5 Å². The predicted octanol–water partition coefficient (Wildman–Crippen LogP) is 5.35. The van der Waals surface area contributed by atoms with Gasteiger partial charge in [-0.25, -0.2) is 8.78 Å². The van der Waals surface area contributed by atoms with Crippen LogP contribution in [0.15, 0.2) is 36.4 Å². The van der Waals surface area contributed by atoms with Crippen molar-refractivity contribution in [2.75, 3.05) is 14.2 Å². The maximum absolute atomic E-state index is 12.9. The van der Waals surface area contributed by atoms with Crippen LogP contribution in [0.25, 0.3) is 0 Å².